The third-order valence-corrected chi connectivity index (χ3v) is 4.11. The third kappa shape index (κ3) is 3.13. The molecule has 0 radical (unpaired) electrons. The lowest BCUT2D eigenvalue weighted by molar-refractivity contribution is -0.123. The molecular formula is C18H20N2O. The van der Waals surface area contributed by atoms with Gasteiger partial charge in [-0.25, -0.2) is 0 Å². The van der Waals surface area contributed by atoms with Crippen LogP contribution in [0.5, 0.6) is 0 Å². The van der Waals surface area contributed by atoms with Crippen molar-refractivity contribution in [3.63, 3.8) is 0 Å². The van der Waals surface area contributed by atoms with E-state index >= 15 is 0 Å². The van der Waals surface area contributed by atoms with Gasteiger partial charge in [-0.3, -0.25) is 9.78 Å². The minimum Gasteiger partial charge on any atom is -0.352 e. The summed E-state index contributed by atoms with van der Waals surface area (Å²) < 4.78 is 0. The average molecular weight is 280 g/mol. The Morgan fingerprint density at radius 3 is 2.67 bits per heavy atom. The van der Waals surface area contributed by atoms with Crippen molar-refractivity contribution in [1.82, 2.24) is 10.3 Å². The van der Waals surface area contributed by atoms with E-state index < -0.39 is 0 Å². The molecule has 3 heteroatoms. The van der Waals surface area contributed by atoms with Crippen molar-refractivity contribution in [2.45, 2.75) is 38.1 Å². The first-order valence-corrected chi connectivity index (χ1v) is 7.51. The van der Waals surface area contributed by atoms with Crippen molar-refractivity contribution in [3.8, 4) is 0 Å². The molecule has 1 amide bonds. The Morgan fingerprint density at radius 1 is 1.19 bits per heavy atom. The first-order chi connectivity index (χ1) is 10.2. The van der Waals surface area contributed by atoms with E-state index in [2.05, 4.69) is 41.5 Å². The Morgan fingerprint density at radius 2 is 2.00 bits per heavy atom. The van der Waals surface area contributed by atoms with Crippen LogP contribution in [-0.4, -0.2) is 16.9 Å². The lowest BCUT2D eigenvalue weighted by atomic mass is 9.83. The number of nitrogens with one attached hydrogen (secondary N) is 1. The van der Waals surface area contributed by atoms with E-state index in [1.54, 1.807) is 0 Å². The maximum atomic E-state index is 11.8. The van der Waals surface area contributed by atoms with Gasteiger partial charge in [0.15, 0.2) is 0 Å². The van der Waals surface area contributed by atoms with Crippen molar-refractivity contribution in [1.29, 1.82) is 0 Å². The number of pyridine rings is 1. The molecule has 1 saturated heterocycles. The second-order valence-corrected chi connectivity index (χ2v) is 5.71. The summed E-state index contributed by atoms with van der Waals surface area (Å²) in [6, 6.07) is 14.6. The van der Waals surface area contributed by atoms with Crippen molar-refractivity contribution in [2.24, 2.45) is 0 Å². The van der Waals surface area contributed by atoms with E-state index in [1.165, 1.54) is 11.1 Å². The largest absolute Gasteiger partial charge is 0.352 e. The molecule has 3 rings (SSSR count). The van der Waals surface area contributed by atoms with Crippen LogP contribution in [0.2, 0.25) is 0 Å². The van der Waals surface area contributed by atoms with Gasteiger partial charge in [0.1, 0.15) is 0 Å². The molecule has 1 fully saturated rings. The number of carbonyl (C=O) groups excluding carboxylic acids is 1. The summed E-state index contributed by atoms with van der Waals surface area (Å²) in [7, 11) is 0. The monoisotopic (exact) mass is 280 g/mol. The fraction of sp³-hybridized carbons (Fsp3) is 0.333. The number of hydrogen-bond donors (Lipinski definition) is 1. The Balaban J connectivity index is 1.98. The van der Waals surface area contributed by atoms with Gasteiger partial charge in [0.05, 0.1) is 0 Å². The van der Waals surface area contributed by atoms with E-state index in [0.717, 1.165) is 18.5 Å². The normalized spacial score (nSPS) is 19.9. The number of benzene rings is 1. The van der Waals surface area contributed by atoms with Crippen molar-refractivity contribution in [3.05, 3.63) is 65.5 Å². The fourth-order valence-electron chi connectivity index (χ4n) is 3.03. The van der Waals surface area contributed by atoms with Gasteiger partial charge < -0.3 is 5.32 Å². The van der Waals surface area contributed by atoms with E-state index in [-0.39, 0.29) is 17.9 Å². The van der Waals surface area contributed by atoms with E-state index in [4.69, 9.17) is 0 Å². The van der Waals surface area contributed by atoms with Crippen LogP contribution in [0.15, 0.2) is 48.7 Å². The number of aryl methyl sites for hydroxylation is 1. The number of amides is 1. The average Bonchev–Trinajstić information content (AvgIpc) is 2.51. The fourth-order valence-corrected chi connectivity index (χ4v) is 3.03. The van der Waals surface area contributed by atoms with E-state index in [0.29, 0.717) is 6.42 Å². The van der Waals surface area contributed by atoms with Gasteiger partial charge in [-0.15, -0.1) is 0 Å². The quantitative estimate of drug-likeness (QED) is 0.938. The smallest absolute Gasteiger partial charge is 0.220 e. The molecule has 2 heterocycles. The lowest BCUT2D eigenvalue weighted by Crippen LogP contribution is -2.43. The minimum atomic E-state index is 0.121. The van der Waals surface area contributed by atoms with Crippen molar-refractivity contribution < 1.29 is 4.79 Å². The SMILES string of the molecule is Cc1ccc([C@@H](c2ccccn2)[C@H]2CCCC(=O)N2)cc1. The number of piperidine rings is 1. The summed E-state index contributed by atoms with van der Waals surface area (Å²) in [6.07, 6.45) is 4.41. The van der Waals surface area contributed by atoms with Gasteiger partial charge >= 0.3 is 0 Å². The van der Waals surface area contributed by atoms with Gasteiger partial charge in [0, 0.05) is 30.3 Å². The molecule has 0 bridgehead atoms. The molecule has 1 aromatic carbocycles. The zero-order valence-electron chi connectivity index (χ0n) is 12.3. The Kier molecular flexibility index (Phi) is 4.00. The highest BCUT2D eigenvalue weighted by atomic mass is 16.1. The first-order valence-electron chi connectivity index (χ1n) is 7.51. The van der Waals surface area contributed by atoms with Gasteiger partial charge in [0.25, 0.3) is 0 Å². The molecule has 1 aliphatic rings. The van der Waals surface area contributed by atoms with Crippen LogP contribution in [0.3, 0.4) is 0 Å². The molecule has 0 unspecified atom stereocenters. The first kappa shape index (κ1) is 13.8. The summed E-state index contributed by atoms with van der Waals surface area (Å²) in [4.78, 5) is 16.3. The molecule has 1 aliphatic heterocycles. The van der Waals surface area contributed by atoms with Crippen LogP contribution in [-0.2, 0) is 4.79 Å². The van der Waals surface area contributed by atoms with Crippen LogP contribution in [0.25, 0.3) is 0 Å². The highest BCUT2D eigenvalue weighted by Gasteiger charge is 2.29. The molecule has 2 atom stereocenters. The van der Waals surface area contributed by atoms with Crippen LogP contribution in [0.1, 0.15) is 42.0 Å². The second kappa shape index (κ2) is 6.08. The minimum absolute atomic E-state index is 0.121. The van der Waals surface area contributed by atoms with Crippen LogP contribution >= 0.6 is 0 Å². The van der Waals surface area contributed by atoms with Crippen LogP contribution < -0.4 is 5.32 Å². The predicted molar refractivity (Wildman–Crippen MR) is 83.0 cm³/mol. The molecule has 1 aromatic heterocycles. The summed E-state index contributed by atoms with van der Waals surface area (Å²) in [5.41, 5.74) is 3.48. The second-order valence-electron chi connectivity index (χ2n) is 5.71. The maximum absolute atomic E-state index is 11.8. The standard InChI is InChI=1S/C18H20N2O/c1-13-8-10-14(11-9-13)18(15-5-2-3-12-19-15)16-6-4-7-17(21)20-16/h2-3,5,8-12,16,18H,4,6-7H2,1H3,(H,20,21)/t16-,18+/m1/s1. The number of aromatic nitrogens is 1. The Hall–Kier alpha value is -2.16. The Labute approximate surface area is 125 Å². The van der Waals surface area contributed by atoms with Gasteiger partial charge in [-0.1, -0.05) is 35.9 Å². The summed E-state index contributed by atoms with van der Waals surface area (Å²) in [5.74, 6) is 0.273. The highest BCUT2D eigenvalue weighted by molar-refractivity contribution is 5.77. The third-order valence-electron chi connectivity index (χ3n) is 4.11. The van der Waals surface area contributed by atoms with Gasteiger partial charge in [0.2, 0.25) is 5.91 Å². The topological polar surface area (TPSA) is 42.0 Å². The van der Waals surface area contributed by atoms with Crippen LogP contribution in [0.4, 0.5) is 0 Å². The molecule has 0 aliphatic carbocycles. The summed E-state index contributed by atoms with van der Waals surface area (Å²) in [5, 5.41) is 3.15. The summed E-state index contributed by atoms with van der Waals surface area (Å²) >= 11 is 0. The number of hydrogen-bond acceptors (Lipinski definition) is 2. The number of rotatable bonds is 3. The predicted octanol–water partition coefficient (Wildman–Crippen LogP) is 3.19. The molecule has 0 saturated carbocycles. The number of nitrogens with zero attached hydrogens (tertiary/aromatic N) is 1. The van der Waals surface area contributed by atoms with Crippen molar-refractivity contribution in [2.75, 3.05) is 0 Å². The molecule has 21 heavy (non-hydrogen) atoms. The van der Waals surface area contributed by atoms with Gasteiger partial charge in [-0.2, -0.15) is 0 Å². The molecular weight excluding hydrogens is 260 g/mol. The summed E-state index contributed by atoms with van der Waals surface area (Å²) in [6.45, 7) is 2.09. The zero-order chi connectivity index (χ0) is 14.7. The Bertz CT molecular complexity index is 607. The molecule has 1 N–H and O–H groups in total. The molecule has 2 aromatic rings. The van der Waals surface area contributed by atoms with Crippen molar-refractivity contribution >= 4 is 5.91 Å². The maximum Gasteiger partial charge on any atom is 0.220 e. The lowest BCUT2D eigenvalue weighted by Gasteiger charge is -2.31. The highest BCUT2D eigenvalue weighted by Crippen LogP contribution is 2.31. The molecule has 0 spiro atoms. The van der Waals surface area contributed by atoms with E-state index in [9.17, 15) is 4.79 Å². The van der Waals surface area contributed by atoms with E-state index in [1.807, 2.05) is 24.4 Å². The molecule has 3 nitrogen and oxygen atoms in total. The molecule has 108 valence electrons. The van der Waals surface area contributed by atoms with Crippen LogP contribution in [0, 0.1) is 6.92 Å². The number of carbonyl (C=O) groups is 1. The van der Waals surface area contributed by atoms with Gasteiger partial charge in [-0.05, 0) is 37.5 Å². The zero-order valence-corrected chi connectivity index (χ0v) is 12.3.